The monoisotopic (exact) mass is 677 g/mol. The Kier molecular flexibility index (Phi) is 6.38. The highest BCUT2D eigenvalue weighted by atomic mass is 15.0. The van der Waals surface area contributed by atoms with Gasteiger partial charge in [-0.25, -0.2) is 0 Å². The number of hydrogen-bond acceptors (Lipinski definition) is 0. The number of aromatic nitrogens is 3. The van der Waals surface area contributed by atoms with Crippen molar-refractivity contribution in [2.75, 3.05) is 0 Å². The minimum atomic E-state index is 1.15. The SMILES string of the molecule is Cc1ccccc1-n1c2ccccc2c2cc(-c3ccc4[nH]c5ccc(-c6ccc7c(c6)c6ccccc6n7-c6ccccc6C)cc5c4c3)ccc21. The number of H-pyrrole nitrogens is 1. The number of hydrogen-bond donors (Lipinski definition) is 1. The first-order valence-electron chi connectivity index (χ1n) is 18.4. The number of aromatic amines is 1. The second-order valence-corrected chi connectivity index (χ2v) is 14.4. The van der Waals surface area contributed by atoms with Crippen LogP contribution in [-0.2, 0) is 0 Å². The highest BCUT2D eigenvalue weighted by molar-refractivity contribution is 6.13. The fourth-order valence-corrected chi connectivity index (χ4v) is 8.71. The van der Waals surface area contributed by atoms with Crippen molar-refractivity contribution in [3.05, 3.63) is 181 Å². The van der Waals surface area contributed by atoms with E-state index in [4.69, 9.17) is 0 Å². The average Bonchev–Trinajstić information content (AvgIpc) is 3.85. The molecule has 11 rings (SSSR count). The molecular formula is C50H35N3. The number of nitrogens with one attached hydrogen (secondary N) is 1. The van der Waals surface area contributed by atoms with Crippen LogP contribution in [0.15, 0.2) is 170 Å². The van der Waals surface area contributed by atoms with Crippen LogP contribution in [0.5, 0.6) is 0 Å². The number of benzene rings is 8. The summed E-state index contributed by atoms with van der Waals surface area (Å²) >= 11 is 0. The van der Waals surface area contributed by atoms with Crippen molar-refractivity contribution in [1.82, 2.24) is 14.1 Å². The Balaban J connectivity index is 1.04. The lowest BCUT2D eigenvalue weighted by Crippen LogP contribution is -1.96. The number of fused-ring (bicyclic) bond motifs is 9. The van der Waals surface area contributed by atoms with E-state index in [2.05, 4.69) is 198 Å². The van der Waals surface area contributed by atoms with E-state index in [9.17, 15) is 0 Å². The summed E-state index contributed by atoms with van der Waals surface area (Å²) in [4.78, 5) is 3.69. The van der Waals surface area contributed by atoms with Crippen LogP contribution in [0.4, 0.5) is 0 Å². The van der Waals surface area contributed by atoms with Gasteiger partial charge in [-0.1, -0.05) is 97.1 Å². The lowest BCUT2D eigenvalue weighted by Gasteiger charge is -2.11. The third kappa shape index (κ3) is 4.47. The highest BCUT2D eigenvalue weighted by Crippen LogP contribution is 2.39. The molecule has 53 heavy (non-hydrogen) atoms. The maximum Gasteiger partial charge on any atom is 0.0541 e. The van der Waals surface area contributed by atoms with E-state index in [-0.39, 0.29) is 0 Å². The summed E-state index contributed by atoms with van der Waals surface area (Å²) in [6, 6.07) is 62.4. The topological polar surface area (TPSA) is 25.6 Å². The van der Waals surface area contributed by atoms with Crippen LogP contribution in [0.1, 0.15) is 11.1 Å². The summed E-state index contributed by atoms with van der Waals surface area (Å²) in [6.45, 7) is 4.38. The molecule has 3 heteroatoms. The fraction of sp³-hybridized carbons (Fsp3) is 0.0400. The third-order valence-electron chi connectivity index (χ3n) is 11.3. The first-order valence-corrected chi connectivity index (χ1v) is 18.4. The third-order valence-corrected chi connectivity index (χ3v) is 11.3. The highest BCUT2D eigenvalue weighted by Gasteiger charge is 2.17. The Morgan fingerprint density at radius 3 is 1.13 bits per heavy atom. The van der Waals surface area contributed by atoms with Crippen LogP contribution >= 0.6 is 0 Å². The van der Waals surface area contributed by atoms with Crippen LogP contribution < -0.4 is 0 Å². The van der Waals surface area contributed by atoms with Crippen molar-refractivity contribution in [3.8, 4) is 33.6 Å². The van der Waals surface area contributed by atoms with Crippen molar-refractivity contribution in [3.63, 3.8) is 0 Å². The Bertz CT molecular complexity index is 3040. The quantitative estimate of drug-likeness (QED) is 0.192. The molecule has 0 spiro atoms. The number of rotatable bonds is 4. The summed E-state index contributed by atoms with van der Waals surface area (Å²) in [5, 5.41) is 7.54. The molecule has 0 amide bonds. The Hall–Kier alpha value is -6.84. The summed E-state index contributed by atoms with van der Waals surface area (Å²) in [7, 11) is 0. The molecule has 0 aliphatic rings. The molecule has 0 aliphatic carbocycles. The van der Waals surface area contributed by atoms with Crippen molar-refractivity contribution >= 4 is 65.4 Å². The molecule has 0 atom stereocenters. The molecule has 3 nitrogen and oxygen atoms in total. The zero-order valence-electron chi connectivity index (χ0n) is 29.6. The number of nitrogens with zero attached hydrogens (tertiary/aromatic N) is 2. The molecule has 0 saturated heterocycles. The van der Waals surface area contributed by atoms with Crippen molar-refractivity contribution in [2.24, 2.45) is 0 Å². The van der Waals surface area contributed by atoms with E-state index in [1.54, 1.807) is 0 Å². The molecule has 250 valence electrons. The van der Waals surface area contributed by atoms with Crippen molar-refractivity contribution < 1.29 is 0 Å². The second kappa shape index (κ2) is 11.3. The molecular weight excluding hydrogens is 643 g/mol. The summed E-state index contributed by atoms with van der Waals surface area (Å²) in [5.41, 5.74) is 17.0. The van der Waals surface area contributed by atoms with Gasteiger partial charge in [0.25, 0.3) is 0 Å². The van der Waals surface area contributed by atoms with Gasteiger partial charge in [-0.15, -0.1) is 0 Å². The van der Waals surface area contributed by atoms with Crippen molar-refractivity contribution in [1.29, 1.82) is 0 Å². The first-order chi connectivity index (χ1) is 26.1. The minimum absolute atomic E-state index is 1.15. The van der Waals surface area contributed by atoms with Crippen LogP contribution in [0.2, 0.25) is 0 Å². The van der Waals surface area contributed by atoms with Gasteiger partial charge in [0.05, 0.1) is 22.1 Å². The van der Waals surface area contributed by atoms with Crippen molar-refractivity contribution in [2.45, 2.75) is 13.8 Å². The van der Waals surface area contributed by atoms with Gasteiger partial charge >= 0.3 is 0 Å². The van der Waals surface area contributed by atoms with Gasteiger partial charge in [0.2, 0.25) is 0 Å². The lowest BCUT2D eigenvalue weighted by molar-refractivity contribution is 1.15. The maximum atomic E-state index is 3.69. The largest absolute Gasteiger partial charge is 0.355 e. The molecule has 0 aliphatic heterocycles. The normalized spacial score (nSPS) is 12.0. The van der Waals surface area contributed by atoms with Gasteiger partial charge in [-0.3, -0.25) is 0 Å². The Morgan fingerprint density at radius 1 is 0.321 bits per heavy atom. The summed E-state index contributed by atoms with van der Waals surface area (Å²) < 4.78 is 4.82. The second-order valence-electron chi connectivity index (χ2n) is 14.4. The zero-order chi connectivity index (χ0) is 35.2. The summed E-state index contributed by atoms with van der Waals surface area (Å²) in [6.07, 6.45) is 0. The fourth-order valence-electron chi connectivity index (χ4n) is 8.71. The van der Waals surface area contributed by atoms with E-state index in [0.717, 1.165) is 11.0 Å². The molecule has 1 N–H and O–H groups in total. The Morgan fingerprint density at radius 2 is 0.679 bits per heavy atom. The molecule has 8 aromatic carbocycles. The van der Waals surface area contributed by atoms with Crippen LogP contribution in [0, 0.1) is 13.8 Å². The van der Waals surface area contributed by atoms with Crippen LogP contribution in [0.25, 0.3) is 99.0 Å². The predicted molar refractivity (Wildman–Crippen MR) is 225 cm³/mol. The maximum absolute atomic E-state index is 3.69. The Labute approximate surface area is 307 Å². The van der Waals surface area contributed by atoms with E-state index in [0.29, 0.717) is 0 Å². The smallest absolute Gasteiger partial charge is 0.0541 e. The van der Waals surface area contributed by atoms with Gasteiger partial charge in [0, 0.05) is 54.7 Å². The first kappa shape index (κ1) is 29.8. The van der Waals surface area contributed by atoms with Gasteiger partial charge in [0.1, 0.15) is 0 Å². The summed E-state index contributed by atoms with van der Waals surface area (Å²) in [5.74, 6) is 0. The number of para-hydroxylation sites is 4. The van der Waals surface area contributed by atoms with E-state index in [1.165, 1.54) is 99.1 Å². The van der Waals surface area contributed by atoms with Gasteiger partial charge < -0.3 is 14.1 Å². The molecule has 3 heterocycles. The zero-order valence-corrected chi connectivity index (χ0v) is 29.6. The van der Waals surface area contributed by atoms with Crippen LogP contribution in [0.3, 0.4) is 0 Å². The molecule has 0 saturated carbocycles. The molecule has 0 fully saturated rings. The van der Waals surface area contributed by atoms with E-state index in [1.807, 2.05) is 0 Å². The van der Waals surface area contributed by atoms with Crippen LogP contribution in [-0.4, -0.2) is 14.1 Å². The van der Waals surface area contributed by atoms with Gasteiger partial charge in [-0.2, -0.15) is 0 Å². The molecule has 3 aromatic heterocycles. The van der Waals surface area contributed by atoms with Gasteiger partial charge in [0.15, 0.2) is 0 Å². The molecule has 0 unspecified atom stereocenters. The minimum Gasteiger partial charge on any atom is -0.355 e. The molecule has 11 aromatic rings. The lowest BCUT2D eigenvalue weighted by atomic mass is 9.98. The number of aryl methyl sites for hydroxylation is 2. The standard InChI is InChI=1S/C50H35N3/c1-31-11-3-7-15-45(31)52-47-17-9-5-13-37(47)41-29-35(21-25-49(41)52)33-19-23-43-39(27-33)40-28-34(20-24-44(40)51-43)36-22-26-50-42(30-36)38-14-6-10-18-48(38)53(50)46-16-8-4-12-32(46)2/h3-30,51H,1-2H3. The molecule has 0 radical (unpaired) electrons. The predicted octanol–water partition coefficient (Wildman–Crippen LogP) is 13.5. The molecule has 0 bridgehead atoms. The van der Waals surface area contributed by atoms with E-state index >= 15 is 0 Å². The van der Waals surface area contributed by atoms with Gasteiger partial charge in [-0.05, 0) is 120 Å². The van der Waals surface area contributed by atoms with E-state index < -0.39 is 0 Å². The average molecular weight is 678 g/mol.